The first-order chi connectivity index (χ1) is 11.3. The van der Waals surface area contributed by atoms with Crippen molar-refractivity contribution in [2.45, 2.75) is 36.0 Å². The van der Waals surface area contributed by atoms with Crippen LogP contribution in [0.5, 0.6) is 0 Å². The van der Waals surface area contributed by atoms with E-state index in [2.05, 4.69) is 0 Å². The summed E-state index contributed by atoms with van der Waals surface area (Å²) in [6.07, 6.45) is 0.311. The monoisotopic (exact) mass is 348 g/mol. The van der Waals surface area contributed by atoms with Gasteiger partial charge in [0.1, 0.15) is 5.82 Å². The fraction of sp³-hybridized carbons (Fsp3) is 0.278. The second-order valence-electron chi connectivity index (χ2n) is 5.77. The van der Waals surface area contributed by atoms with E-state index < -0.39 is 21.6 Å². The summed E-state index contributed by atoms with van der Waals surface area (Å²) in [7, 11) is -3.67. The van der Waals surface area contributed by atoms with Gasteiger partial charge in [-0.05, 0) is 54.8 Å². The van der Waals surface area contributed by atoms with Gasteiger partial charge in [0.15, 0.2) is 0 Å². The van der Waals surface area contributed by atoms with Crippen LogP contribution in [-0.4, -0.2) is 21.0 Å². The van der Waals surface area contributed by atoms with Gasteiger partial charge in [-0.25, -0.2) is 12.8 Å². The van der Waals surface area contributed by atoms with E-state index in [1.54, 1.807) is 26.0 Å². The van der Waals surface area contributed by atoms with Crippen LogP contribution in [-0.2, 0) is 25.8 Å². The molecule has 0 bridgehead atoms. The Hall–Kier alpha value is -2.21. The van der Waals surface area contributed by atoms with Gasteiger partial charge in [0.25, 0.3) is 0 Å². The SMILES string of the molecule is CCOC(=O)C(C)c1ccc2c(c1)Cc1cc(F)ccc1S2(=O)=O. The van der Waals surface area contributed by atoms with Gasteiger partial charge in [0, 0.05) is 6.42 Å². The third kappa shape index (κ3) is 2.71. The Kier molecular flexibility index (Phi) is 4.17. The molecule has 24 heavy (non-hydrogen) atoms. The van der Waals surface area contributed by atoms with Crippen LogP contribution in [0.2, 0.25) is 0 Å². The summed E-state index contributed by atoms with van der Waals surface area (Å²) in [4.78, 5) is 12.2. The largest absolute Gasteiger partial charge is 0.466 e. The summed E-state index contributed by atoms with van der Waals surface area (Å²) in [5.41, 5.74) is 1.69. The first-order valence-electron chi connectivity index (χ1n) is 7.67. The number of esters is 1. The van der Waals surface area contributed by atoms with E-state index in [1.165, 1.54) is 18.2 Å². The highest BCUT2D eigenvalue weighted by Gasteiger charge is 2.30. The van der Waals surface area contributed by atoms with Gasteiger partial charge in [-0.3, -0.25) is 4.79 Å². The Bertz CT molecular complexity index is 919. The van der Waals surface area contributed by atoms with Crippen molar-refractivity contribution in [3.8, 4) is 0 Å². The van der Waals surface area contributed by atoms with Gasteiger partial charge >= 0.3 is 5.97 Å². The minimum absolute atomic E-state index is 0.141. The number of fused-ring (bicyclic) bond motifs is 2. The molecule has 2 aromatic carbocycles. The molecule has 0 aromatic heterocycles. The molecule has 1 aliphatic rings. The van der Waals surface area contributed by atoms with Crippen LogP contribution in [0.25, 0.3) is 0 Å². The summed E-state index contributed by atoms with van der Waals surface area (Å²) in [6.45, 7) is 3.73. The van der Waals surface area contributed by atoms with Gasteiger partial charge < -0.3 is 4.74 Å². The van der Waals surface area contributed by atoms with Crippen LogP contribution >= 0.6 is 0 Å². The molecule has 3 rings (SSSR count). The second kappa shape index (κ2) is 6.02. The Morgan fingerprint density at radius 3 is 2.46 bits per heavy atom. The van der Waals surface area contributed by atoms with E-state index in [-0.39, 0.29) is 22.4 Å². The minimum atomic E-state index is -3.67. The molecule has 0 aliphatic carbocycles. The number of halogens is 1. The van der Waals surface area contributed by atoms with E-state index in [0.29, 0.717) is 23.1 Å². The third-order valence-corrected chi connectivity index (χ3v) is 6.16. The lowest BCUT2D eigenvalue weighted by Crippen LogP contribution is -2.17. The van der Waals surface area contributed by atoms with Crippen LogP contribution in [0.1, 0.15) is 36.5 Å². The normalized spacial score (nSPS) is 16.0. The van der Waals surface area contributed by atoms with Crippen molar-refractivity contribution in [3.05, 3.63) is 58.9 Å². The molecule has 0 spiro atoms. The average Bonchev–Trinajstić information content (AvgIpc) is 2.53. The quantitative estimate of drug-likeness (QED) is 0.539. The summed E-state index contributed by atoms with van der Waals surface area (Å²) in [6, 6.07) is 8.55. The fourth-order valence-corrected chi connectivity index (χ4v) is 4.63. The van der Waals surface area contributed by atoms with E-state index in [1.807, 2.05) is 0 Å². The molecular weight excluding hydrogens is 331 g/mol. The molecule has 0 saturated carbocycles. The summed E-state index contributed by atoms with van der Waals surface area (Å²) in [5.74, 6) is -1.32. The molecular formula is C18H17FO4S. The fourth-order valence-electron chi connectivity index (χ4n) is 2.94. The van der Waals surface area contributed by atoms with Crippen molar-refractivity contribution in [1.82, 2.24) is 0 Å². The Morgan fingerprint density at radius 1 is 1.17 bits per heavy atom. The molecule has 1 heterocycles. The third-order valence-electron chi connectivity index (χ3n) is 4.21. The van der Waals surface area contributed by atoms with Gasteiger partial charge in [-0.1, -0.05) is 12.1 Å². The lowest BCUT2D eigenvalue weighted by molar-refractivity contribution is -0.144. The van der Waals surface area contributed by atoms with Crippen LogP contribution in [0.4, 0.5) is 4.39 Å². The molecule has 1 unspecified atom stereocenters. The van der Waals surface area contributed by atoms with E-state index in [0.717, 1.165) is 6.07 Å². The van der Waals surface area contributed by atoms with Crippen molar-refractivity contribution >= 4 is 15.8 Å². The minimum Gasteiger partial charge on any atom is -0.466 e. The van der Waals surface area contributed by atoms with Crippen LogP contribution < -0.4 is 0 Å². The second-order valence-corrected chi connectivity index (χ2v) is 7.66. The molecule has 1 aliphatic heterocycles. The number of hydrogen-bond donors (Lipinski definition) is 0. The Labute approximate surface area is 140 Å². The number of ether oxygens (including phenoxy) is 1. The Balaban J connectivity index is 2.06. The highest BCUT2D eigenvalue weighted by atomic mass is 32.2. The van der Waals surface area contributed by atoms with Crippen molar-refractivity contribution in [1.29, 1.82) is 0 Å². The average molecular weight is 348 g/mol. The molecule has 6 heteroatoms. The predicted octanol–water partition coefficient (Wildman–Crippen LogP) is 3.23. The van der Waals surface area contributed by atoms with Crippen molar-refractivity contribution in [3.63, 3.8) is 0 Å². The number of carbonyl (C=O) groups excluding carboxylic acids is 1. The molecule has 0 saturated heterocycles. The number of hydrogen-bond acceptors (Lipinski definition) is 4. The maximum atomic E-state index is 13.5. The predicted molar refractivity (Wildman–Crippen MR) is 86.1 cm³/mol. The van der Waals surface area contributed by atoms with Gasteiger partial charge in [-0.2, -0.15) is 0 Å². The summed E-state index contributed by atoms with van der Waals surface area (Å²) in [5, 5.41) is 0. The zero-order chi connectivity index (χ0) is 17.5. The topological polar surface area (TPSA) is 60.4 Å². The number of benzene rings is 2. The lowest BCUT2D eigenvalue weighted by Gasteiger charge is -2.21. The van der Waals surface area contributed by atoms with Crippen molar-refractivity contribution < 1.29 is 22.3 Å². The van der Waals surface area contributed by atoms with E-state index in [9.17, 15) is 17.6 Å². The zero-order valence-electron chi connectivity index (χ0n) is 13.4. The first kappa shape index (κ1) is 16.6. The van der Waals surface area contributed by atoms with Crippen molar-refractivity contribution in [2.24, 2.45) is 0 Å². The van der Waals surface area contributed by atoms with Crippen LogP contribution in [0.3, 0.4) is 0 Å². The number of carbonyl (C=O) groups is 1. The van der Waals surface area contributed by atoms with Crippen LogP contribution in [0, 0.1) is 5.82 Å². The van der Waals surface area contributed by atoms with Gasteiger partial charge in [-0.15, -0.1) is 0 Å². The molecule has 0 fully saturated rings. The molecule has 1 atom stereocenters. The van der Waals surface area contributed by atoms with Gasteiger partial charge in [0.2, 0.25) is 9.84 Å². The zero-order valence-corrected chi connectivity index (χ0v) is 14.2. The first-order valence-corrected chi connectivity index (χ1v) is 9.16. The molecule has 0 radical (unpaired) electrons. The molecule has 0 N–H and O–H groups in total. The van der Waals surface area contributed by atoms with Crippen LogP contribution in [0.15, 0.2) is 46.2 Å². The van der Waals surface area contributed by atoms with Crippen molar-refractivity contribution in [2.75, 3.05) is 6.61 Å². The summed E-state index contributed by atoms with van der Waals surface area (Å²) >= 11 is 0. The number of sulfone groups is 1. The molecule has 2 aromatic rings. The standard InChI is InChI=1S/C18H17FO4S/c1-3-23-18(20)11(2)12-4-6-16-13(8-12)9-14-10-15(19)5-7-17(14)24(16,21)22/h4-8,10-11H,3,9H2,1-2H3. The maximum absolute atomic E-state index is 13.5. The molecule has 4 nitrogen and oxygen atoms in total. The molecule has 0 amide bonds. The molecule has 126 valence electrons. The van der Waals surface area contributed by atoms with E-state index >= 15 is 0 Å². The highest BCUT2D eigenvalue weighted by molar-refractivity contribution is 7.91. The number of rotatable bonds is 3. The van der Waals surface area contributed by atoms with E-state index in [4.69, 9.17) is 4.74 Å². The lowest BCUT2D eigenvalue weighted by atomic mass is 9.96. The van der Waals surface area contributed by atoms with Gasteiger partial charge in [0.05, 0.1) is 22.3 Å². The maximum Gasteiger partial charge on any atom is 0.313 e. The smallest absolute Gasteiger partial charge is 0.313 e. The highest BCUT2D eigenvalue weighted by Crippen LogP contribution is 2.36. The Morgan fingerprint density at radius 2 is 1.79 bits per heavy atom. The summed E-state index contributed by atoms with van der Waals surface area (Å²) < 4.78 is 43.9.